The molecule has 0 aromatic carbocycles. The van der Waals surface area contributed by atoms with Crippen molar-refractivity contribution < 1.29 is 79.0 Å². The summed E-state index contributed by atoms with van der Waals surface area (Å²) in [6.45, 7) is 14.8. The molecule has 0 aromatic heterocycles. The number of aliphatic carboxylic acids is 3. The topological polar surface area (TPSA) is 267 Å². The standard InChI is InChI=1S/C42H62O16/c1-37(2)21-8-11-42(7)31(20(43)16-18-19-17-39(4,36(53)54)13-12-38(19,3)14-15-41(18,42)6)40(21,5)10-9-22(37)55-35-30(26(47)25(46)29(57-35)33(51)52)58-34-27(48)23(44)24(45)28(56-34)32(49)50/h16,19,21-31,34-35,44-48H,8-15,17H2,1-7H3,(H,49,50)(H,51,52)(H,53,54)/t19-,21+,22+,23+,24+,25+,26+,27-,28+,29-,30-,31-,34+,35-,38-,39+,40+,41-,42-/m1/s1. The second kappa shape index (κ2) is 14.3. The van der Waals surface area contributed by atoms with E-state index in [9.17, 15) is 60.0 Å². The summed E-state index contributed by atoms with van der Waals surface area (Å²) >= 11 is 0. The Hall–Kier alpha value is -2.54. The molecule has 6 fully saturated rings. The third-order valence-corrected chi connectivity index (χ3v) is 17.2. The van der Waals surface area contributed by atoms with Crippen molar-refractivity contribution in [2.75, 3.05) is 0 Å². The highest BCUT2D eigenvalue weighted by molar-refractivity contribution is 5.95. The molecule has 0 unspecified atom stereocenters. The summed E-state index contributed by atoms with van der Waals surface area (Å²) in [4.78, 5) is 51.3. The van der Waals surface area contributed by atoms with Crippen molar-refractivity contribution in [3.05, 3.63) is 11.6 Å². The van der Waals surface area contributed by atoms with Gasteiger partial charge in [0.1, 0.15) is 36.6 Å². The largest absolute Gasteiger partial charge is 0.481 e. The van der Waals surface area contributed by atoms with E-state index in [1.54, 1.807) is 0 Å². The first-order valence-corrected chi connectivity index (χ1v) is 20.7. The summed E-state index contributed by atoms with van der Waals surface area (Å²) in [5, 5.41) is 83.0. The zero-order chi connectivity index (χ0) is 42.9. The smallest absolute Gasteiger partial charge is 0.335 e. The van der Waals surface area contributed by atoms with Gasteiger partial charge in [-0.25, -0.2) is 9.59 Å². The van der Waals surface area contributed by atoms with Crippen LogP contribution in [0.5, 0.6) is 0 Å². The molecule has 58 heavy (non-hydrogen) atoms. The number of hydrogen-bond donors (Lipinski definition) is 8. The maximum absolute atomic E-state index is 14.8. The normalized spacial score (nSPS) is 52.6. The van der Waals surface area contributed by atoms with Crippen molar-refractivity contribution in [3.8, 4) is 0 Å². The van der Waals surface area contributed by atoms with Gasteiger partial charge in [-0.2, -0.15) is 0 Å². The van der Waals surface area contributed by atoms with Crippen LogP contribution in [0.3, 0.4) is 0 Å². The van der Waals surface area contributed by atoms with Crippen LogP contribution in [0.1, 0.15) is 106 Å². The monoisotopic (exact) mass is 822 g/mol. The molecular weight excluding hydrogens is 760 g/mol. The Morgan fingerprint density at radius 2 is 1.28 bits per heavy atom. The SMILES string of the molecule is CC1(C)[C@@H](O[C@@H]2O[C@@H](C(=O)O)[C@@H](O)[C@H](O)[C@H]2O[C@@H]2O[C@H](C(=O)O)[C@@H](O)[C@H](O)[C@H]2O)CC[C@]2(C)[C@H]3C(=O)C=C4[C@H]5C[C@@](C)(C(=O)O)CC[C@]5(C)CC[C@@]4(C)[C@]3(C)CC[C@@H]12. The number of fused-ring (bicyclic) bond motifs is 7. The second-order valence-electron chi connectivity index (χ2n) is 20.6. The van der Waals surface area contributed by atoms with Crippen LogP contribution >= 0.6 is 0 Å². The molecule has 326 valence electrons. The maximum atomic E-state index is 14.8. The first-order chi connectivity index (χ1) is 26.8. The van der Waals surface area contributed by atoms with Gasteiger partial charge in [-0.05, 0) is 110 Å². The maximum Gasteiger partial charge on any atom is 0.335 e. The van der Waals surface area contributed by atoms with E-state index < -0.39 is 107 Å². The van der Waals surface area contributed by atoms with E-state index in [1.165, 1.54) is 0 Å². The number of carbonyl (C=O) groups is 4. The number of carboxylic acids is 3. The van der Waals surface area contributed by atoms with Gasteiger partial charge in [-0.1, -0.05) is 47.1 Å². The fraction of sp³-hybridized carbons (Fsp3) is 0.857. The molecule has 7 rings (SSSR count). The Labute approximate surface area is 337 Å². The lowest BCUT2D eigenvalue weighted by Crippen LogP contribution is -2.68. The highest BCUT2D eigenvalue weighted by atomic mass is 16.8. The Morgan fingerprint density at radius 3 is 1.88 bits per heavy atom. The highest BCUT2D eigenvalue weighted by Crippen LogP contribution is 2.75. The average Bonchev–Trinajstić information content (AvgIpc) is 3.13. The molecular formula is C42H62O16. The number of rotatable bonds is 7. The van der Waals surface area contributed by atoms with E-state index in [-0.39, 0.29) is 34.4 Å². The number of allylic oxidation sites excluding steroid dienone is 2. The van der Waals surface area contributed by atoms with Gasteiger partial charge in [-0.3, -0.25) is 9.59 Å². The zero-order valence-corrected chi connectivity index (χ0v) is 34.4. The fourth-order valence-electron chi connectivity index (χ4n) is 13.4. The van der Waals surface area contributed by atoms with Gasteiger partial charge in [0, 0.05) is 5.92 Å². The number of aliphatic hydroxyl groups excluding tert-OH is 5. The summed E-state index contributed by atoms with van der Waals surface area (Å²) in [6, 6.07) is 0. The molecule has 0 aromatic rings. The van der Waals surface area contributed by atoms with E-state index in [1.807, 2.05) is 26.8 Å². The van der Waals surface area contributed by atoms with Gasteiger partial charge in [-0.15, -0.1) is 0 Å². The predicted octanol–water partition coefficient (Wildman–Crippen LogP) is 2.25. The van der Waals surface area contributed by atoms with Crippen molar-refractivity contribution in [2.45, 2.75) is 174 Å². The third-order valence-electron chi connectivity index (χ3n) is 17.2. The summed E-state index contributed by atoms with van der Waals surface area (Å²) in [6.07, 6.45) is -12.2. The van der Waals surface area contributed by atoms with Gasteiger partial charge in [0.15, 0.2) is 30.6 Å². The zero-order valence-electron chi connectivity index (χ0n) is 34.4. The van der Waals surface area contributed by atoms with Crippen molar-refractivity contribution >= 4 is 23.7 Å². The van der Waals surface area contributed by atoms with Crippen molar-refractivity contribution in [2.24, 2.45) is 50.2 Å². The average molecular weight is 823 g/mol. The minimum atomic E-state index is -2.05. The number of ether oxygens (including phenoxy) is 4. The number of carbonyl (C=O) groups excluding carboxylic acids is 1. The molecule has 0 spiro atoms. The molecule has 19 atom stereocenters. The summed E-state index contributed by atoms with van der Waals surface area (Å²) in [5.74, 6) is -4.47. The van der Waals surface area contributed by atoms with E-state index in [2.05, 4.69) is 27.7 Å². The van der Waals surface area contributed by atoms with Gasteiger partial charge >= 0.3 is 17.9 Å². The molecule has 2 aliphatic heterocycles. The molecule has 16 heteroatoms. The summed E-state index contributed by atoms with van der Waals surface area (Å²) in [5.41, 5.74) is -1.81. The van der Waals surface area contributed by atoms with Crippen LogP contribution in [0, 0.1) is 50.2 Å². The van der Waals surface area contributed by atoms with Crippen LogP contribution in [-0.2, 0) is 38.1 Å². The summed E-state index contributed by atoms with van der Waals surface area (Å²) in [7, 11) is 0. The Bertz CT molecular complexity index is 1730. The predicted molar refractivity (Wildman–Crippen MR) is 199 cm³/mol. The molecule has 2 saturated heterocycles. The Balaban J connectivity index is 1.17. The van der Waals surface area contributed by atoms with Gasteiger partial charge in [0.2, 0.25) is 0 Å². The lowest BCUT2D eigenvalue weighted by atomic mass is 9.33. The Kier molecular flexibility index (Phi) is 10.7. The molecule has 7 aliphatic rings. The van der Waals surface area contributed by atoms with Crippen LogP contribution in [0.25, 0.3) is 0 Å². The van der Waals surface area contributed by atoms with Crippen LogP contribution in [0.15, 0.2) is 11.6 Å². The van der Waals surface area contributed by atoms with Crippen molar-refractivity contribution in [1.29, 1.82) is 0 Å². The molecule has 16 nitrogen and oxygen atoms in total. The van der Waals surface area contributed by atoms with E-state index >= 15 is 0 Å². The molecule has 0 radical (unpaired) electrons. The van der Waals surface area contributed by atoms with Gasteiger partial charge < -0.3 is 59.8 Å². The first-order valence-electron chi connectivity index (χ1n) is 20.7. The van der Waals surface area contributed by atoms with Crippen molar-refractivity contribution in [1.82, 2.24) is 0 Å². The molecule has 5 aliphatic carbocycles. The van der Waals surface area contributed by atoms with E-state index in [4.69, 9.17) is 18.9 Å². The lowest BCUT2D eigenvalue weighted by molar-refractivity contribution is -0.371. The number of ketones is 1. The van der Waals surface area contributed by atoms with Crippen LogP contribution in [0.2, 0.25) is 0 Å². The number of hydrogen-bond acceptors (Lipinski definition) is 13. The lowest BCUT2D eigenvalue weighted by Gasteiger charge is -2.70. The third kappa shape index (κ3) is 6.25. The highest BCUT2D eigenvalue weighted by Gasteiger charge is 2.71. The molecule has 0 bridgehead atoms. The minimum absolute atomic E-state index is 0.0217. The molecule has 0 amide bonds. The Morgan fingerprint density at radius 1 is 0.690 bits per heavy atom. The number of carboxylic acid groups (broad SMARTS) is 3. The van der Waals surface area contributed by atoms with Gasteiger partial charge in [0.25, 0.3) is 0 Å². The van der Waals surface area contributed by atoms with Crippen LogP contribution in [0.4, 0.5) is 0 Å². The van der Waals surface area contributed by atoms with Crippen LogP contribution in [-0.4, -0.2) is 132 Å². The molecule has 2 heterocycles. The first kappa shape index (κ1) is 43.5. The minimum Gasteiger partial charge on any atom is -0.481 e. The second-order valence-corrected chi connectivity index (χ2v) is 20.6. The number of aliphatic hydroxyl groups is 5. The van der Waals surface area contributed by atoms with Crippen LogP contribution < -0.4 is 0 Å². The van der Waals surface area contributed by atoms with Gasteiger partial charge in [0.05, 0.1) is 11.5 Å². The molecule has 4 saturated carbocycles. The van der Waals surface area contributed by atoms with E-state index in [0.717, 1.165) is 37.7 Å². The molecule has 8 N–H and O–H groups in total. The van der Waals surface area contributed by atoms with Crippen molar-refractivity contribution in [3.63, 3.8) is 0 Å². The fourth-order valence-corrected chi connectivity index (χ4v) is 13.4. The van der Waals surface area contributed by atoms with E-state index in [0.29, 0.717) is 25.7 Å². The quantitative estimate of drug-likeness (QED) is 0.171. The summed E-state index contributed by atoms with van der Waals surface area (Å²) < 4.78 is 23.4.